The van der Waals surface area contributed by atoms with Crippen LogP contribution in [0.4, 0.5) is 0 Å². The van der Waals surface area contributed by atoms with E-state index in [4.69, 9.17) is 0 Å². The lowest BCUT2D eigenvalue weighted by atomic mass is 10.1. The Kier molecular flexibility index (Phi) is 3.27. The lowest BCUT2D eigenvalue weighted by Crippen LogP contribution is -2.52. The molecule has 4 heteroatoms. The van der Waals surface area contributed by atoms with Crippen molar-refractivity contribution in [3.63, 3.8) is 0 Å². The van der Waals surface area contributed by atoms with Crippen molar-refractivity contribution in [1.29, 1.82) is 0 Å². The van der Waals surface area contributed by atoms with Crippen LogP contribution in [0.2, 0.25) is 0 Å². The third-order valence-corrected chi connectivity index (χ3v) is 2.17. The largest absolute Gasteiger partial charge is 0.381 e. The number of nitrogens with one attached hydrogen (secondary N) is 1. The van der Waals surface area contributed by atoms with Gasteiger partial charge in [0.15, 0.2) is 0 Å². The Morgan fingerprint density at radius 3 is 2.31 bits per heavy atom. The molecule has 1 heterocycles. The van der Waals surface area contributed by atoms with Crippen LogP contribution in [0.3, 0.4) is 0 Å². The van der Waals surface area contributed by atoms with E-state index < -0.39 is 5.60 Å². The van der Waals surface area contributed by atoms with Gasteiger partial charge in [-0.3, -0.25) is 10.2 Å². The summed E-state index contributed by atoms with van der Waals surface area (Å²) in [7, 11) is 0. The average molecular weight is 186 g/mol. The van der Waals surface area contributed by atoms with Gasteiger partial charge in [0.2, 0.25) is 0 Å². The van der Waals surface area contributed by atoms with Gasteiger partial charge in [-0.05, 0) is 26.7 Å². The maximum absolute atomic E-state index is 11.3. The first-order valence-electron chi connectivity index (χ1n) is 4.78. The Labute approximate surface area is 78.9 Å². The van der Waals surface area contributed by atoms with E-state index in [-0.39, 0.29) is 5.91 Å². The zero-order valence-electron chi connectivity index (χ0n) is 8.34. The highest BCUT2D eigenvalue weighted by Crippen LogP contribution is 2.07. The molecule has 0 aromatic rings. The number of hydrogen-bond donors (Lipinski definition) is 2. The minimum Gasteiger partial charge on any atom is -0.381 e. The molecule has 0 unspecified atom stereocenters. The van der Waals surface area contributed by atoms with E-state index in [0.717, 1.165) is 25.9 Å². The highest BCUT2D eigenvalue weighted by atomic mass is 16.3. The molecule has 1 fully saturated rings. The Hall–Kier alpha value is -0.610. The monoisotopic (exact) mass is 186 g/mol. The van der Waals surface area contributed by atoms with Crippen LogP contribution in [0.5, 0.6) is 0 Å². The molecular formula is C9H18N2O2. The molecule has 4 nitrogen and oxygen atoms in total. The van der Waals surface area contributed by atoms with E-state index in [1.807, 2.05) is 5.01 Å². The summed E-state index contributed by atoms with van der Waals surface area (Å²) in [5, 5.41) is 11.3. The number of carbonyl (C=O) groups excluding carboxylic acids is 1. The van der Waals surface area contributed by atoms with E-state index in [0.29, 0.717) is 0 Å². The molecule has 0 bridgehead atoms. The number of hydrazine groups is 1. The van der Waals surface area contributed by atoms with Crippen LogP contribution in [0, 0.1) is 0 Å². The molecule has 1 aliphatic heterocycles. The molecule has 0 aromatic carbocycles. The van der Waals surface area contributed by atoms with Crippen molar-refractivity contribution in [1.82, 2.24) is 10.4 Å². The first-order valence-corrected chi connectivity index (χ1v) is 4.78. The zero-order valence-corrected chi connectivity index (χ0v) is 8.34. The highest BCUT2D eigenvalue weighted by Gasteiger charge is 2.25. The van der Waals surface area contributed by atoms with E-state index in [1.165, 1.54) is 20.3 Å². The summed E-state index contributed by atoms with van der Waals surface area (Å²) in [5.74, 6) is -0.325. The molecule has 0 aliphatic carbocycles. The third-order valence-electron chi connectivity index (χ3n) is 2.17. The van der Waals surface area contributed by atoms with Gasteiger partial charge in [-0.25, -0.2) is 5.01 Å². The van der Waals surface area contributed by atoms with Gasteiger partial charge in [-0.1, -0.05) is 6.42 Å². The summed E-state index contributed by atoms with van der Waals surface area (Å²) in [6, 6.07) is 0. The minimum atomic E-state index is -1.28. The molecule has 1 saturated heterocycles. The summed E-state index contributed by atoms with van der Waals surface area (Å²) >= 11 is 0. The topological polar surface area (TPSA) is 52.6 Å². The van der Waals surface area contributed by atoms with Crippen molar-refractivity contribution in [2.24, 2.45) is 0 Å². The Morgan fingerprint density at radius 2 is 1.85 bits per heavy atom. The molecule has 2 N–H and O–H groups in total. The minimum absolute atomic E-state index is 0.325. The summed E-state index contributed by atoms with van der Waals surface area (Å²) in [6.07, 6.45) is 3.47. The first-order chi connectivity index (χ1) is 6.00. The third kappa shape index (κ3) is 3.32. The normalized spacial score (nSPS) is 19.9. The average Bonchev–Trinajstić information content (AvgIpc) is 2.04. The first kappa shape index (κ1) is 10.5. The standard InChI is InChI=1S/C9H18N2O2/c1-9(2,13)8(12)10-11-6-4-3-5-7-11/h13H,3-7H2,1-2H3,(H,10,12). The van der Waals surface area contributed by atoms with Crippen molar-refractivity contribution in [2.45, 2.75) is 38.7 Å². The smallest absolute Gasteiger partial charge is 0.265 e. The SMILES string of the molecule is CC(C)(O)C(=O)NN1CCCCC1. The van der Waals surface area contributed by atoms with Crippen LogP contribution in [0.25, 0.3) is 0 Å². The van der Waals surface area contributed by atoms with Crippen LogP contribution < -0.4 is 5.43 Å². The number of aliphatic hydroxyl groups is 1. The van der Waals surface area contributed by atoms with E-state index in [9.17, 15) is 9.90 Å². The Morgan fingerprint density at radius 1 is 1.31 bits per heavy atom. The molecule has 76 valence electrons. The molecule has 0 spiro atoms. The fourth-order valence-electron chi connectivity index (χ4n) is 1.29. The van der Waals surface area contributed by atoms with Gasteiger partial charge in [-0.15, -0.1) is 0 Å². The molecular weight excluding hydrogens is 168 g/mol. The maximum Gasteiger partial charge on any atom is 0.265 e. The zero-order chi connectivity index (χ0) is 9.90. The molecule has 0 atom stereocenters. The van der Waals surface area contributed by atoms with Crippen molar-refractivity contribution in [2.75, 3.05) is 13.1 Å². The van der Waals surface area contributed by atoms with Crippen LogP contribution in [0.1, 0.15) is 33.1 Å². The molecule has 0 saturated carbocycles. The fourth-order valence-corrected chi connectivity index (χ4v) is 1.29. The summed E-state index contributed by atoms with van der Waals surface area (Å²) < 4.78 is 0. The van der Waals surface area contributed by atoms with Gasteiger partial charge in [0.05, 0.1) is 0 Å². The van der Waals surface area contributed by atoms with Crippen molar-refractivity contribution in [3.8, 4) is 0 Å². The van der Waals surface area contributed by atoms with Gasteiger partial charge in [-0.2, -0.15) is 0 Å². The van der Waals surface area contributed by atoms with Gasteiger partial charge in [0.25, 0.3) is 5.91 Å². The summed E-state index contributed by atoms with van der Waals surface area (Å²) in [4.78, 5) is 11.3. The predicted octanol–water partition coefficient (Wildman–Crippen LogP) is 0.274. The fraction of sp³-hybridized carbons (Fsp3) is 0.889. The van der Waals surface area contributed by atoms with Gasteiger partial charge < -0.3 is 5.11 Å². The Balaban J connectivity index is 2.35. The summed E-state index contributed by atoms with van der Waals surface area (Å²) in [6.45, 7) is 4.77. The lowest BCUT2D eigenvalue weighted by Gasteiger charge is -2.29. The molecule has 1 rings (SSSR count). The van der Waals surface area contributed by atoms with Gasteiger partial charge >= 0.3 is 0 Å². The number of piperidine rings is 1. The van der Waals surface area contributed by atoms with Crippen LogP contribution in [-0.4, -0.2) is 34.7 Å². The Bertz CT molecular complexity index is 181. The predicted molar refractivity (Wildman–Crippen MR) is 49.9 cm³/mol. The second-order valence-corrected chi connectivity index (χ2v) is 4.05. The molecule has 1 amide bonds. The second-order valence-electron chi connectivity index (χ2n) is 4.05. The van der Waals surface area contributed by atoms with Crippen LogP contribution >= 0.6 is 0 Å². The number of amides is 1. The van der Waals surface area contributed by atoms with Crippen molar-refractivity contribution < 1.29 is 9.90 Å². The lowest BCUT2D eigenvalue weighted by molar-refractivity contribution is -0.142. The number of carbonyl (C=O) groups is 1. The molecule has 13 heavy (non-hydrogen) atoms. The molecule has 0 radical (unpaired) electrons. The van der Waals surface area contributed by atoms with Crippen molar-refractivity contribution >= 4 is 5.91 Å². The van der Waals surface area contributed by atoms with E-state index in [2.05, 4.69) is 5.43 Å². The van der Waals surface area contributed by atoms with E-state index in [1.54, 1.807) is 0 Å². The summed E-state index contributed by atoms with van der Waals surface area (Å²) in [5.41, 5.74) is 1.42. The van der Waals surface area contributed by atoms with Crippen LogP contribution in [-0.2, 0) is 4.79 Å². The van der Waals surface area contributed by atoms with Gasteiger partial charge in [0, 0.05) is 13.1 Å². The van der Waals surface area contributed by atoms with Gasteiger partial charge in [0.1, 0.15) is 5.60 Å². The quantitative estimate of drug-likeness (QED) is 0.651. The van der Waals surface area contributed by atoms with Crippen molar-refractivity contribution in [3.05, 3.63) is 0 Å². The number of hydrogen-bond acceptors (Lipinski definition) is 3. The van der Waals surface area contributed by atoms with E-state index >= 15 is 0 Å². The number of nitrogens with zero attached hydrogens (tertiary/aromatic N) is 1. The molecule has 1 aliphatic rings. The number of rotatable bonds is 2. The van der Waals surface area contributed by atoms with Crippen LogP contribution in [0.15, 0.2) is 0 Å². The maximum atomic E-state index is 11.3. The second kappa shape index (κ2) is 4.07. The molecule has 0 aromatic heterocycles. The highest BCUT2D eigenvalue weighted by molar-refractivity contribution is 5.83.